The average molecular weight is 484 g/mol. The number of piperidine rings is 1. The van der Waals surface area contributed by atoms with Crippen molar-refractivity contribution in [2.24, 2.45) is 5.41 Å². The van der Waals surface area contributed by atoms with E-state index in [4.69, 9.17) is 21.1 Å². The lowest BCUT2D eigenvalue weighted by atomic mass is 9.78. The minimum absolute atomic E-state index is 0.0953. The molecule has 3 aliphatic rings. The smallest absolute Gasteiger partial charge is 0.313 e. The standard InChI is InChI=1S/C21H26ClN3O6S/c1-30-20(27)21(4-6-23-7-5-21)14-24-8-9-25(12-19(24)26)32(28,29)17-10-15-2-3-16(22)11-18(15)31-13-17/h2-3,10-11,23H,4-9,12-14H2,1H3. The van der Waals surface area contributed by atoms with Gasteiger partial charge in [-0.1, -0.05) is 11.6 Å². The number of hydrogen-bond donors (Lipinski definition) is 1. The predicted octanol–water partition coefficient (Wildman–Crippen LogP) is 1.09. The van der Waals surface area contributed by atoms with Crippen LogP contribution in [0.15, 0.2) is 23.1 Å². The van der Waals surface area contributed by atoms with E-state index in [1.807, 2.05) is 0 Å². The van der Waals surface area contributed by atoms with Crippen molar-refractivity contribution in [3.63, 3.8) is 0 Å². The molecule has 3 aliphatic heterocycles. The third-order valence-corrected chi connectivity index (χ3v) is 8.41. The summed E-state index contributed by atoms with van der Waals surface area (Å²) < 4.78 is 38.1. The molecule has 0 aliphatic carbocycles. The van der Waals surface area contributed by atoms with Crippen molar-refractivity contribution < 1.29 is 27.5 Å². The van der Waals surface area contributed by atoms with Crippen molar-refractivity contribution in [3.8, 4) is 5.75 Å². The summed E-state index contributed by atoms with van der Waals surface area (Å²) in [6.45, 7) is 1.52. The Hall–Kier alpha value is -2.14. The second kappa shape index (κ2) is 9.01. The molecular formula is C21H26ClN3O6S. The first-order valence-electron chi connectivity index (χ1n) is 10.5. The molecule has 1 aromatic rings. The number of methoxy groups -OCH3 is 1. The second-order valence-electron chi connectivity index (χ2n) is 8.26. The molecular weight excluding hydrogens is 458 g/mol. The Morgan fingerprint density at radius 2 is 2.03 bits per heavy atom. The fraction of sp³-hybridized carbons (Fsp3) is 0.524. The quantitative estimate of drug-likeness (QED) is 0.625. The summed E-state index contributed by atoms with van der Waals surface area (Å²) in [4.78, 5) is 27.1. The van der Waals surface area contributed by atoms with Crippen molar-refractivity contribution in [3.05, 3.63) is 33.7 Å². The highest BCUT2D eigenvalue weighted by Crippen LogP contribution is 2.34. The van der Waals surface area contributed by atoms with Gasteiger partial charge in [0.15, 0.2) is 0 Å². The molecule has 4 rings (SSSR count). The predicted molar refractivity (Wildman–Crippen MR) is 119 cm³/mol. The fourth-order valence-electron chi connectivity index (χ4n) is 4.40. The third kappa shape index (κ3) is 4.36. The Labute approximate surface area is 192 Å². The molecule has 2 saturated heterocycles. The van der Waals surface area contributed by atoms with E-state index in [1.54, 1.807) is 29.2 Å². The van der Waals surface area contributed by atoms with Crippen LogP contribution in [0.4, 0.5) is 0 Å². The Morgan fingerprint density at radius 1 is 1.28 bits per heavy atom. The summed E-state index contributed by atoms with van der Waals surface area (Å²) in [7, 11) is -2.52. The van der Waals surface area contributed by atoms with E-state index in [-0.39, 0.29) is 49.6 Å². The Bertz CT molecular complexity index is 1050. The lowest BCUT2D eigenvalue weighted by Gasteiger charge is -2.41. The molecule has 9 nitrogen and oxygen atoms in total. The van der Waals surface area contributed by atoms with Gasteiger partial charge >= 0.3 is 5.97 Å². The molecule has 11 heteroatoms. The largest absolute Gasteiger partial charge is 0.487 e. The molecule has 1 aromatic carbocycles. The van der Waals surface area contributed by atoms with Crippen molar-refractivity contribution >= 4 is 39.6 Å². The Morgan fingerprint density at radius 3 is 2.72 bits per heavy atom. The van der Waals surface area contributed by atoms with Crippen molar-refractivity contribution in [2.45, 2.75) is 12.8 Å². The van der Waals surface area contributed by atoms with E-state index in [0.29, 0.717) is 42.3 Å². The minimum atomic E-state index is -3.88. The number of nitrogens with one attached hydrogen (secondary N) is 1. The van der Waals surface area contributed by atoms with Gasteiger partial charge in [0, 0.05) is 30.2 Å². The van der Waals surface area contributed by atoms with Crippen LogP contribution in [-0.4, -0.2) is 82.5 Å². The van der Waals surface area contributed by atoms with E-state index in [0.717, 1.165) is 0 Å². The summed E-state index contributed by atoms with van der Waals surface area (Å²) >= 11 is 5.96. The van der Waals surface area contributed by atoms with Crippen LogP contribution in [0, 0.1) is 5.41 Å². The summed E-state index contributed by atoms with van der Waals surface area (Å²) in [5, 5.41) is 3.72. The van der Waals surface area contributed by atoms with Gasteiger partial charge in [-0.3, -0.25) is 9.59 Å². The fourth-order valence-corrected chi connectivity index (χ4v) is 5.98. The minimum Gasteiger partial charge on any atom is -0.487 e. The maximum absolute atomic E-state index is 13.2. The van der Waals surface area contributed by atoms with Gasteiger partial charge < -0.3 is 19.7 Å². The second-order valence-corrected chi connectivity index (χ2v) is 10.7. The van der Waals surface area contributed by atoms with E-state index in [9.17, 15) is 18.0 Å². The maximum atomic E-state index is 13.2. The molecule has 0 aromatic heterocycles. The normalized spacial score (nSPS) is 21.4. The number of fused-ring (bicyclic) bond motifs is 1. The number of halogens is 1. The number of carbonyl (C=O) groups excluding carboxylic acids is 2. The molecule has 0 spiro atoms. The van der Waals surface area contributed by atoms with Crippen LogP contribution in [-0.2, 0) is 24.3 Å². The highest BCUT2D eigenvalue weighted by molar-refractivity contribution is 7.93. The number of piperazine rings is 1. The number of hydrogen-bond acceptors (Lipinski definition) is 7. The Kier molecular flexibility index (Phi) is 6.49. The third-order valence-electron chi connectivity index (χ3n) is 6.29. The highest BCUT2D eigenvalue weighted by atomic mass is 35.5. The maximum Gasteiger partial charge on any atom is 0.313 e. The van der Waals surface area contributed by atoms with E-state index < -0.39 is 15.4 Å². The molecule has 1 amide bonds. The van der Waals surface area contributed by atoms with Crippen molar-refractivity contribution in [2.75, 3.05) is 53.0 Å². The Balaban J connectivity index is 1.47. The first kappa shape index (κ1) is 23.0. The van der Waals surface area contributed by atoms with Gasteiger partial charge in [0.2, 0.25) is 15.9 Å². The van der Waals surface area contributed by atoms with Gasteiger partial charge in [-0.15, -0.1) is 0 Å². The SMILES string of the molecule is COC(=O)C1(CN2CCN(S(=O)(=O)C3=Cc4ccc(Cl)cc4OC3)CC2=O)CCNCC1. The molecule has 3 heterocycles. The van der Waals surface area contributed by atoms with Crippen LogP contribution in [0.5, 0.6) is 5.75 Å². The number of esters is 1. The summed E-state index contributed by atoms with van der Waals surface area (Å²) in [5.74, 6) is -0.135. The lowest BCUT2D eigenvalue weighted by molar-refractivity contribution is -0.157. The molecule has 174 valence electrons. The summed E-state index contributed by atoms with van der Waals surface area (Å²) in [6, 6.07) is 4.99. The van der Waals surface area contributed by atoms with Crippen LogP contribution in [0.1, 0.15) is 18.4 Å². The zero-order valence-corrected chi connectivity index (χ0v) is 19.4. The van der Waals surface area contributed by atoms with Crippen LogP contribution >= 0.6 is 11.6 Å². The van der Waals surface area contributed by atoms with E-state index >= 15 is 0 Å². The first-order valence-corrected chi connectivity index (χ1v) is 12.3. The summed E-state index contributed by atoms with van der Waals surface area (Å²) in [5.41, 5.74) is -0.142. The zero-order chi connectivity index (χ0) is 22.9. The van der Waals surface area contributed by atoms with Crippen molar-refractivity contribution in [1.29, 1.82) is 0 Å². The molecule has 2 fully saturated rings. The molecule has 0 bridgehead atoms. The first-order chi connectivity index (χ1) is 15.2. The van der Waals surface area contributed by atoms with Gasteiger partial charge in [0.25, 0.3) is 0 Å². The number of benzene rings is 1. The van der Waals surface area contributed by atoms with Crippen LogP contribution < -0.4 is 10.1 Å². The van der Waals surface area contributed by atoms with Gasteiger partial charge in [0.05, 0.1) is 24.0 Å². The number of nitrogens with zero attached hydrogens (tertiary/aromatic N) is 2. The van der Waals surface area contributed by atoms with E-state index in [1.165, 1.54) is 11.4 Å². The number of ether oxygens (including phenoxy) is 2. The van der Waals surface area contributed by atoms with Crippen molar-refractivity contribution in [1.82, 2.24) is 14.5 Å². The zero-order valence-electron chi connectivity index (χ0n) is 17.8. The highest BCUT2D eigenvalue weighted by Gasteiger charge is 2.45. The molecule has 0 radical (unpaired) electrons. The monoisotopic (exact) mass is 483 g/mol. The lowest BCUT2D eigenvalue weighted by Crippen LogP contribution is -2.57. The number of sulfonamides is 1. The van der Waals surface area contributed by atoms with Gasteiger partial charge in [-0.05, 0) is 50.2 Å². The van der Waals surface area contributed by atoms with Gasteiger partial charge in [-0.25, -0.2) is 8.42 Å². The van der Waals surface area contributed by atoms with Crippen LogP contribution in [0.3, 0.4) is 0 Å². The van der Waals surface area contributed by atoms with Crippen LogP contribution in [0.25, 0.3) is 6.08 Å². The van der Waals surface area contributed by atoms with Crippen LogP contribution in [0.2, 0.25) is 5.02 Å². The average Bonchev–Trinajstić information content (AvgIpc) is 2.80. The topological polar surface area (TPSA) is 105 Å². The van der Waals surface area contributed by atoms with E-state index in [2.05, 4.69) is 5.32 Å². The molecule has 1 N–H and O–H groups in total. The molecule has 0 saturated carbocycles. The molecule has 0 unspecified atom stereocenters. The number of rotatable bonds is 5. The molecule has 32 heavy (non-hydrogen) atoms. The van der Waals surface area contributed by atoms with Gasteiger partial charge in [-0.2, -0.15) is 4.31 Å². The number of carbonyl (C=O) groups is 2. The molecule has 0 atom stereocenters. The number of amides is 1. The summed E-state index contributed by atoms with van der Waals surface area (Å²) in [6.07, 6.45) is 2.70. The van der Waals surface area contributed by atoms with Gasteiger partial charge in [0.1, 0.15) is 12.4 Å².